The minimum absolute atomic E-state index is 0.125. The van der Waals surface area contributed by atoms with Crippen molar-refractivity contribution in [3.63, 3.8) is 0 Å². The summed E-state index contributed by atoms with van der Waals surface area (Å²) >= 11 is 0. The summed E-state index contributed by atoms with van der Waals surface area (Å²) < 4.78 is 6.41. The lowest BCUT2D eigenvalue weighted by molar-refractivity contribution is 0.0689. The third-order valence-electron chi connectivity index (χ3n) is 1.98. The number of aromatic carboxylic acids is 1. The van der Waals surface area contributed by atoms with E-state index in [9.17, 15) is 9.59 Å². The van der Waals surface area contributed by atoms with E-state index in [0.717, 1.165) is 0 Å². The van der Waals surface area contributed by atoms with Crippen molar-refractivity contribution in [1.82, 2.24) is 4.57 Å². The lowest BCUT2D eigenvalue weighted by atomic mass is 10.2. The van der Waals surface area contributed by atoms with Crippen LogP contribution in [-0.4, -0.2) is 22.2 Å². The predicted octanol–water partition coefficient (Wildman–Crippen LogP) is 0.965. The number of pyridine rings is 1. The Balaban J connectivity index is 3.38. The van der Waals surface area contributed by atoms with Crippen molar-refractivity contribution in [2.24, 2.45) is 0 Å². The highest BCUT2D eigenvalue weighted by Crippen LogP contribution is 2.13. The van der Waals surface area contributed by atoms with Crippen molar-refractivity contribution in [3.8, 4) is 5.75 Å². The molecule has 15 heavy (non-hydrogen) atoms. The lowest BCUT2D eigenvalue weighted by Crippen LogP contribution is -2.26. The summed E-state index contributed by atoms with van der Waals surface area (Å²) in [5.41, 5.74) is -0.836. The van der Waals surface area contributed by atoms with Crippen molar-refractivity contribution < 1.29 is 14.6 Å². The van der Waals surface area contributed by atoms with E-state index in [1.165, 1.54) is 16.8 Å². The fraction of sp³-hybridized carbons (Fsp3) is 0.400. The number of rotatable bonds is 4. The molecule has 0 bridgehead atoms. The zero-order chi connectivity index (χ0) is 11.4. The van der Waals surface area contributed by atoms with Crippen molar-refractivity contribution in [2.75, 3.05) is 6.61 Å². The number of carbonyl (C=O) groups is 1. The maximum absolute atomic E-state index is 11.6. The molecule has 1 rings (SSSR count). The standard InChI is InChI=1S/C10H13NO4/c1-3-11-6-5-7(15-4-2)8(9(11)12)10(13)14/h5-6H,3-4H2,1-2H3,(H,13,14). The Morgan fingerprint density at radius 2 is 2.20 bits per heavy atom. The van der Waals surface area contributed by atoms with Gasteiger partial charge in [-0.05, 0) is 19.9 Å². The van der Waals surface area contributed by atoms with Gasteiger partial charge in [0.15, 0.2) is 5.56 Å². The number of aromatic nitrogens is 1. The molecule has 0 aliphatic rings. The first-order chi connectivity index (χ1) is 7.11. The molecular formula is C10H13NO4. The summed E-state index contributed by atoms with van der Waals surface area (Å²) in [6, 6.07) is 1.50. The van der Waals surface area contributed by atoms with E-state index in [0.29, 0.717) is 13.2 Å². The fourth-order valence-corrected chi connectivity index (χ4v) is 1.28. The molecule has 0 saturated carbocycles. The zero-order valence-corrected chi connectivity index (χ0v) is 8.69. The molecule has 0 amide bonds. The molecule has 1 aromatic heterocycles. The van der Waals surface area contributed by atoms with Gasteiger partial charge in [-0.3, -0.25) is 4.79 Å². The van der Waals surface area contributed by atoms with Crippen LogP contribution >= 0.6 is 0 Å². The van der Waals surface area contributed by atoms with Crippen LogP contribution in [0.1, 0.15) is 24.2 Å². The van der Waals surface area contributed by atoms with Crippen molar-refractivity contribution in [2.45, 2.75) is 20.4 Å². The molecule has 0 aliphatic carbocycles. The topological polar surface area (TPSA) is 68.5 Å². The highest BCUT2D eigenvalue weighted by Gasteiger charge is 2.17. The Labute approximate surface area is 86.9 Å². The second-order valence-corrected chi connectivity index (χ2v) is 2.88. The smallest absolute Gasteiger partial charge is 0.345 e. The quantitative estimate of drug-likeness (QED) is 0.805. The summed E-state index contributed by atoms with van der Waals surface area (Å²) in [6.07, 6.45) is 1.53. The van der Waals surface area contributed by atoms with Crippen LogP contribution in [0.4, 0.5) is 0 Å². The average molecular weight is 211 g/mol. The monoisotopic (exact) mass is 211 g/mol. The highest BCUT2D eigenvalue weighted by molar-refractivity contribution is 5.90. The minimum Gasteiger partial charge on any atom is -0.493 e. The fourth-order valence-electron chi connectivity index (χ4n) is 1.28. The van der Waals surface area contributed by atoms with Gasteiger partial charge in [-0.25, -0.2) is 4.79 Å². The number of hydrogen-bond acceptors (Lipinski definition) is 3. The molecule has 1 N–H and O–H groups in total. The molecule has 0 saturated heterocycles. The van der Waals surface area contributed by atoms with Gasteiger partial charge in [0.05, 0.1) is 6.61 Å². The first-order valence-electron chi connectivity index (χ1n) is 4.71. The first kappa shape index (κ1) is 11.3. The number of nitrogens with zero attached hydrogens (tertiary/aromatic N) is 1. The minimum atomic E-state index is -1.26. The molecule has 5 nitrogen and oxygen atoms in total. The van der Waals surface area contributed by atoms with Gasteiger partial charge in [0.2, 0.25) is 0 Å². The lowest BCUT2D eigenvalue weighted by Gasteiger charge is -2.08. The molecule has 5 heteroatoms. The van der Waals surface area contributed by atoms with Crippen LogP contribution in [0.2, 0.25) is 0 Å². The molecular weight excluding hydrogens is 198 g/mol. The van der Waals surface area contributed by atoms with Crippen LogP contribution in [0.3, 0.4) is 0 Å². The first-order valence-corrected chi connectivity index (χ1v) is 4.71. The number of hydrogen-bond donors (Lipinski definition) is 1. The number of carboxylic acids is 1. The van der Waals surface area contributed by atoms with Crippen LogP contribution in [0, 0.1) is 0 Å². The van der Waals surface area contributed by atoms with Crippen LogP contribution < -0.4 is 10.3 Å². The molecule has 0 atom stereocenters. The molecule has 0 radical (unpaired) electrons. The van der Waals surface area contributed by atoms with Gasteiger partial charge in [-0.15, -0.1) is 0 Å². The molecule has 0 aliphatic heterocycles. The largest absolute Gasteiger partial charge is 0.493 e. The molecule has 0 fully saturated rings. The maximum atomic E-state index is 11.6. The summed E-state index contributed by atoms with van der Waals surface area (Å²) in [6.45, 7) is 4.27. The SMILES string of the molecule is CCOc1ccn(CC)c(=O)c1C(=O)O. The Morgan fingerprint density at radius 3 is 2.67 bits per heavy atom. The van der Waals surface area contributed by atoms with Gasteiger partial charge in [-0.2, -0.15) is 0 Å². The van der Waals surface area contributed by atoms with E-state index < -0.39 is 11.5 Å². The van der Waals surface area contributed by atoms with Gasteiger partial charge >= 0.3 is 5.97 Å². The summed E-state index contributed by atoms with van der Waals surface area (Å²) in [5, 5.41) is 8.90. The molecule has 0 spiro atoms. The second kappa shape index (κ2) is 4.63. The molecule has 82 valence electrons. The average Bonchev–Trinajstić information content (AvgIpc) is 2.18. The summed E-state index contributed by atoms with van der Waals surface area (Å²) in [4.78, 5) is 22.5. The predicted molar refractivity (Wildman–Crippen MR) is 54.5 cm³/mol. The summed E-state index contributed by atoms with van der Waals surface area (Å²) in [7, 11) is 0. The van der Waals surface area contributed by atoms with Crippen molar-refractivity contribution >= 4 is 5.97 Å². The van der Waals surface area contributed by atoms with Crippen LogP contribution in [0.25, 0.3) is 0 Å². The normalized spacial score (nSPS) is 10.0. The second-order valence-electron chi connectivity index (χ2n) is 2.88. The molecule has 1 heterocycles. The molecule has 1 aromatic rings. The maximum Gasteiger partial charge on any atom is 0.345 e. The van der Waals surface area contributed by atoms with E-state index in [1.807, 2.05) is 0 Å². The van der Waals surface area contributed by atoms with Crippen molar-refractivity contribution in [3.05, 3.63) is 28.2 Å². The van der Waals surface area contributed by atoms with Gasteiger partial charge in [0.25, 0.3) is 5.56 Å². The highest BCUT2D eigenvalue weighted by atomic mass is 16.5. The number of aryl methyl sites for hydroxylation is 1. The van der Waals surface area contributed by atoms with E-state index in [-0.39, 0.29) is 11.3 Å². The van der Waals surface area contributed by atoms with Crippen LogP contribution in [-0.2, 0) is 6.54 Å². The van der Waals surface area contributed by atoms with E-state index in [2.05, 4.69) is 0 Å². The third kappa shape index (κ3) is 2.18. The molecule has 0 unspecified atom stereocenters. The number of ether oxygens (including phenoxy) is 1. The van der Waals surface area contributed by atoms with Gasteiger partial charge in [0, 0.05) is 12.7 Å². The van der Waals surface area contributed by atoms with Gasteiger partial charge < -0.3 is 14.4 Å². The molecule has 0 aromatic carbocycles. The van der Waals surface area contributed by atoms with Crippen molar-refractivity contribution in [1.29, 1.82) is 0 Å². The van der Waals surface area contributed by atoms with Gasteiger partial charge in [0.1, 0.15) is 5.75 Å². The van der Waals surface area contributed by atoms with E-state index in [4.69, 9.17) is 9.84 Å². The van der Waals surface area contributed by atoms with Gasteiger partial charge in [-0.1, -0.05) is 0 Å². The Hall–Kier alpha value is -1.78. The Kier molecular flexibility index (Phi) is 3.49. The van der Waals surface area contributed by atoms with E-state index in [1.54, 1.807) is 13.8 Å². The van der Waals surface area contributed by atoms with E-state index >= 15 is 0 Å². The Morgan fingerprint density at radius 1 is 1.53 bits per heavy atom. The zero-order valence-electron chi connectivity index (χ0n) is 8.69. The Bertz CT molecular complexity index is 422. The van der Waals surface area contributed by atoms with Crippen LogP contribution in [0.5, 0.6) is 5.75 Å². The third-order valence-corrected chi connectivity index (χ3v) is 1.98. The number of carboxylic acid groups (broad SMARTS) is 1. The van der Waals surface area contributed by atoms with Crippen LogP contribution in [0.15, 0.2) is 17.1 Å². The summed E-state index contributed by atoms with van der Waals surface area (Å²) in [5.74, 6) is -1.13.